The van der Waals surface area contributed by atoms with Crippen LogP contribution in [0.25, 0.3) is 11.0 Å². The van der Waals surface area contributed by atoms with Crippen LogP contribution in [0.3, 0.4) is 0 Å². The van der Waals surface area contributed by atoms with E-state index < -0.39 is 0 Å². The lowest BCUT2D eigenvalue weighted by Gasteiger charge is -2.32. The van der Waals surface area contributed by atoms with E-state index in [1.165, 1.54) is 0 Å². The Hall–Kier alpha value is -2.67. The quantitative estimate of drug-likeness (QED) is 0.720. The van der Waals surface area contributed by atoms with E-state index in [1.54, 1.807) is 24.9 Å². The fourth-order valence-electron chi connectivity index (χ4n) is 3.24. The van der Waals surface area contributed by atoms with E-state index in [0.29, 0.717) is 31.2 Å². The molecule has 0 aliphatic carbocycles. The lowest BCUT2D eigenvalue weighted by molar-refractivity contribution is -0.0230. The lowest BCUT2D eigenvalue weighted by Crippen LogP contribution is -2.42. The summed E-state index contributed by atoms with van der Waals surface area (Å²) in [5.74, 6) is 0.446. The third-order valence-electron chi connectivity index (χ3n) is 4.53. The van der Waals surface area contributed by atoms with Crippen LogP contribution in [0, 0.1) is 5.92 Å². The zero-order chi connectivity index (χ0) is 18.1. The van der Waals surface area contributed by atoms with Crippen LogP contribution in [0.5, 0.6) is 0 Å². The van der Waals surface area contributed by atoms with Crippen LogP contribution < -0.4 is 0 Å². The number of fused-ring (bicyclic) bond motifs is 1. The molecule has 4 heterocycles. The number of pyridine rings is 1. The largest absolute Gasteiger partial charge is 0.472 e. The Morgan fingerprint density at radius 2 is 2.27 bits per heavy atom. The van der Waals surface area contributed by atoms with Gasteiger partial charge in [0, 0.05) is 30.2 Å². The summed E-state index contributed by atoms with van der Waals surface area (Å²) in [6.45, 7) is 6.66. The normalized spacial score (nSPS) is 18.0. The van der Waals surface area contributed by atoms with E-state index in [-0.39, 0.29) is 12.0 Å². The first kappa shape index (κ1) is 16.8. The summed E-state index contributed by atoms with van der Waals surface area (Å²) in [7, 11) is 0. The summed E-state index contributed by atoms with van der Waals surface area (Å²) in [5, 5.41) is 5.28. The van der Waals surface area contributed by atoms with E-state index in [4.69, 9.17) is 9.15 Å². The number of rotatable bonds is 4. The topological polar surface area (TPSA) is 73.4 Å². The van der Waals surface area contributed by atoms with Crippen molar-refractivity contribution in [3.63, 3.8) is 0 Å². The number of ether oxygens (including phenoxy) is 1. The number of amides is 1. The van der Waals surface area contributed by atoms with Gasteiger partial charge < -0.3 is 14.1 Å². The minimum absolute atomic E-state index is 0.0344. The fourth-order valence-corrected chi connectivity index (χ4v) is 3.24. The Labute approximate surface area is 151 Å². The summed E-state index contributed by atoms with van der Waals surface area (Å²) in [5.41, 5.74) is 2.34. The number of carbonyl (C=O) groups excluding carboxylic acids is 1. The molecule has 1 saturated heterocycles. The van der Waals surface area contributed by atoms with Gasteiger partial charge in [-0.3, -0.25) is 4.79 Å². The summed E-state index contributed by atoms with van der Waals surface area (Å²) >= 11 is 0. The number of furan rings is 1. The van der Waals surface area contributed by atoms with E-state index in [9.17, 15) is 4.79 Å². The molecule has 0 N–H and O–H groups in total. The van der Waals surface area contributed by atoms with Crippen LogP contribution in [-0.2, 0) is 11.3 Å². The van der Waals surface area contributed by atoms with Crippen LogP contribution >= 0.6 is 0 Å². The van der Waals surface area contributed by atoms with Gasteiger partial charge in [-0.15, -0.1) is 0 Å². The number of carbonyl (C=O) groups is 1. The summed E-state index contributed by atoms with van der Waals surface area (Å²) in [4.78, 5) is 19.2. The van der Waals surface area contributed by atoms with Crippen molar-refractivity contribution in [2.75, 3.05) is 19.7 Å². The molecular weight excluding hydrogens is 332 g/mol. The van der Waals surface area contributed by atoms with Crippen LogP contribution in [0.15, 0.2) is 41.5 Å². The molecule has 4 rings (SSSR count). The van der Waals surface area contributed by atoms with Crippen molar-refractivity contribution in [2.45, 2.75) is 26.5 Å². The molecule has 0 saturated carbocycles. The second-order valence-electron chi connectivity index (χ2n) is 7.02. The van der Waals surface area contributed by atoms with Gasteiger partial charge in [-0.25, -0.2) is 9.67 Å². The maximum atomic E-state index is 12.9. The van der Waals surface area contributed by atoms with Crippen LogP contribution in [-0.4, -0.2) is 45.3 Å². The molecule has 1 unspecified atom stereocenters. The first-order chi connectivity index (χ1) is 12.6. The van der Waals surface area contributed by atoms with Crippen molar-refractivity contribution >= 4 is 16.9 Å². The molecule has 0 aromatic carbocycles. The van der Waals surface area contributed by atoms with E-state index >= 15 is 0 Å². The zero-order valence-electron chi connectivity index (χ0n) is 15.0. The maximum absolute atomic E-state index is 12.9. The van der Waals surface area contributed by atoms with E-state index in [2.05, 4.69) is 23.9 Å². The monoisotopic (exact) mass is 354 g/mol. The smallest absolute Gasteiger partial charge is 0.255 e. The minimum Gasteiger partial charge on any atom is -0.472 e. The minimum atomic E-state index is -0.156. The molecule has 7 nitrogen and oxygen atoms in total. The highest BCUT2D eigenvalue weighted by atomic mass is 16.5. The average molecular weight is 354 g/mol. The molecule has 3 aromatic heterocycles. The molecule has 1 aliphatic rings. The molecule has 0 radical (unpaired) electrons. The number of aromatic nitrogens is 3. The summed E-state index contributed by atoms with van der Waals surface area (Å²) in [6, 6.07) is 3.74. The van der Waals surface area contributed by atoms with Crippen molar-refractivity contribution in [1.29, 1.82) is 0 Å². The van der Waals surface area contributed by atoms with Crippen molar-refractivity contribution in [2.24, 2.45) is 5.92 Å². The average Bonchev–Trinajstić information content (AvgIpc) is 3.31. The Kier molecular flexibility index (Phi) is 4.46. The fraction of sp³-hybridized carbons (Fsp3) is 0.421. The highest BCUT2D eigenvalue weighted by Gasteiger charge is 2.27. The van der Waals surface area contributed by atoms with Gasteiger partial charge >= 0.3 is 0 Å². The van der Waals surface area contributed by atoms with Gasteiger partial charge in [-0.1, -0.05) is 13.8 Å². The Balaban J connectivity index is 1.54. The van der Waals surface area contributed by atoms with Gasteiger partial charge in [0.1, 0.15) is 6.10 Å². The maximum Gasteiger partial charge on any atom is 0.255 e. The second-order valence-corrected chi connectivity index (χ2v) is 7.02. The third kappa shape index (κ3) is 3.22. The molecule has 1 amide bonds. The Morgan fingerprint density at radius 1 is 1.38 bits per heavy atom. The molecule has 0 spiro atoms. The third-order valence-corrected chi connectivity index (χ3v) is 4.53. The molecule has 0 bridgehead atoms. The molecule has 1 fully saturated rings. The highest BCUT2D eigenvalue weighted by molar-refractivity contribution is 5.96. The van der Waals surface area contributed by atoms with Gasteiger partial charge in [0.25, 0.3) is 5.91 Å². The molecule has 1 atom stereocenters. The number of nitrogens with zero attached hydrogens (tertiary/aromatic N) is 4. The van der Waals surface area contributed by atoms with Crippen molar-refractivity contribution in [3.8, 4) is 0 Å². The van der Waals surface area contributed by atoms with Gasteiger partial charge in [-0.05, 0) is 18.1 Å². The zero-order valence-corrected chi connectivity index (χ0v) is 15.0. The molecule has 26 heavy (non-hydrogen) atoms. The molecule has 3 aromatic rings. The highest BCUT2D eigenvalue weighted by Crippen LogP contribution is 2.24. The molecule has 1 aliphatic heterocycles. The van der Waals surface area contributed by atoms with E-state index in [1.807, 2.05) is 21.7 Å². The van der Waals surface area contributed by atoms with Crippen molar-refractivity contribution < 1.29 is 13.9 Å². The second kappa shape index (κ2) is 6.92. The van der Waals surface area contributed by atoms with Gasteiger partial charge in [0.05, 0.1) is 37.4 Å². The van der Waals surface area contributed by atoms with Crippen LogP contribution in [0.4, 0.5) is 0 Å². The Bertz CT molecular complexity index is 901. The molecule has 7 heteroatoms. The SMILES string of the molecule is CC(C)Cn1ncc2cc(C(=O)N3CCOC(c4ccoc4)C3)cnc21. The van der Waals surface area contributed by atoms with E-state index in [0.717, 1.165) is 23.1 Å². The lowest BCUT2D eigenvalue weighted by atomic mass is 10.1. The van der Waals surface area contributed by atoms with Crippen molar-refractivity contribution in [1.82, 2.24) is 19.7 Å². The molecule has 136 valence electrons. The summed E-state index contributed by atoms with van der Waals surface area (Å²) < 4.78 is 12.8. The number of morpholine rings is 1. The first-order valence-corrected chi connectivity index (χ1v) is 8.86. The van der Waals surface area contributed by atoms with Crippen LogP contribution in [0.2, 0.25) is 0 Å². The number of hydrogen-bond acceptors (Lipinski definition) is 5. The Morgan fingerprint density at radius 3 is 3.04 bits per heavy atom. The molecular formula is C19H22N4O3. The number of hydrogen-bond donors (Lipinski definition) is 0. The van der Waals surface area contributed by atoms with Gasteiger partial charge in [0.2, 0.25) is 0 Å². The standard InChI is InChI=1S/C19H22N4O3/c1-13(2)10-23-18-15(9-21-23)7-16(8-20-18)19(24)22-4-6-26-17(11-22)14-3-5-25-12-14/h3,5,7-9,12-13,17H,4,6,10-11H2,1-2H3. The van der Waals surface area contributed by atoms with Crippen LogP contribution in [0.1, 0.15) is 35.9 Å². The predicted octanol–water partition coefficient (Wildman–Crippen LogP) is 2.89. The van der Waals surface area contributed by atoms with Gasteiger partial charge in [-0.2, -0.15) is 5.10 Å². The van der Waals surface area contributed by atoms with Gasteiger partial charge in [0.15, 0.2) is 5.65 Å². The predicted molar refractivity (Wildman–Crippen MR) is 95.7 cm³/mol. The summed E-state index contributed by atoms with van der Waals surface area (Å²) in [6.07, 6.45) is 6.54. The van der Waals surface area contributed by atoms with Crippen molar-refractivity contribution in [3.05, 3.63) is 48.2 Å². The first-order valence-electron chi connectivity index (χ1n) is 8.86.